The van der Waals surface area contributed by atoms with E-state index < -0.39 is 0 Å². The maximum absolute atomic E-state index is 12.7. The number of halogens is 1. The number of nitrogens with one attached hydrogen (secondary N) is 1. The van der Waals surface area contributed by atoms with Gasteiger partial charge in [0.25, 0.3) is 5.91 Å². The van der Waals surface area contributed by atoms with Crippen molar-refractivity contribution < 1.29 is 4.79 Å². The molecule has 156 valence electrons. The molecular weight excluding hydrogens is 426 g/mol. The van der Waals surface area contributed by atoms with Crippen molar-refractivity contribution in [3.05, 3.63) is 113 Å². The van der Waals surface area contributed by atoms with E-state index in [4.69, 9.17) is 11.6 Å². The molecule has 4 aromatic rings. The topological polar surface area (TPSA) is 46.9 Å². The predicted molar refractivity (Wildman–Crippen MR) is 127 cm³/mol. The minimum absolute atomic E-state index is 0.0888. The van der Waals surface area contributed by atoms with Crippen LogP contribution in [-0.4, -0.2) is 15.5 Å². The van der Waals surface area contributed by atoms with Gasteiger partial charge in [-0.1, -0.05) is 41.9 Å². The maximum atomic E-state index is 12.7. The molecule has 0 saturated heterocycles. The van der Waals surface area contributed by atoms with E-state index in [2.05, 4.69) is 10.3 Å². The van der Waals surface area contributed by atoms with Gasteiger partial charge in [-0.25, -0.2) is 4.98 Å². The first kappa shape index (κ1) is 21.2. The fourth-order valence-corrected chi connectivity index (χ4v) is 4.24. The van der Waals surface area contributed by atoms with Crippen molar-refractivity contribution in [2.75, 3.05) is 0 Å². The van der Waals surface area contributed by atoms with Crippen molar-refractivity contribution in [3.8, 4) is 5.69 Å². The van der Waals surface area contributed by atoms with Gasteiger partial charge >= 0.3 is 0 Å². The van der Waals surface area contributed by atoms with Gasteiger partial charge in [0.1, 0.15) is 5.82 Å². The average molecular weight is 448 g/mol. The maximum Gasteiger partial charge on any atom is 0.251 e. The Morgan fingerprint density at radius 1 is 1.03 bits per heavy atom. The van der Waals surface area contributed by atoms with Gasteiger partial charge in [-0.15, -0.1) is 11.8 Å². The van der Waals surface area contributed by atoms with Crippen LogP contribution in [0.2, 0.25) is 5.02 Å². The highest BCUT2D eigenvalue weighted by atomic mass is 35.5. The number of aromatic nitrogens is 2. The first-order valence-electron chi connectivity index (χ1n) is 9.94. The molecule has 1 heterocycles. The van der Waals surface area contributed by atoms with Gasteiger partial charge in [-0.3, -0.25) is 4.79 Å². The molecular formula is C25H22ClN3OS. The van der Waals surface area contributed by atoms with E-state index in [0.717, 1.165) is 38.3 Å². The Labute approximate surface area is 191 Å². The van der Waals surface area contributed by atoms with Gasteiger partial charge in [0.05, 0.1) is 5.69 Å². The van der Waals surface area contributed by atoms with Gasteiger partial charge in [0.15, 0.2) is 0 Å². The average Bonchev–Trinajstić information content (AvgIpc) is 3.23. The molecule has 0 bridgehead atoms. The third kappa shape index (κ3) is 5.37. The highest BCUT2D eigenvalue weighted by Crippen LogP contribution is 2.24. The van der Waals surface area contributed by atoms with Crippen LogP contribution in [0.25, 0.3) is 5.69 Å². The second-order valence-electron chi connectivity index (χ2n) is 7.10. The van der Waals surface area contributed by atoms with Crippen LogP contribution in [0.5, 0.6) is 0 Å². The zero-order valence-corrected chi connectivity index (χ0v) is 18.7. The molecule has 0 atom stereocenters. The van der Waals surface area contributed by atoms with Crippen LogP contribution in [0.1, 0.15) is 27.3 Å². The normalized spacial score (nSPS) is 10.8. The molecule has 0 aliphatic rings. The van der Waals surface area contributed by atoms with Crippen molar-refractivity contribution >= 4 is 29.3 Å². The standard InChI is InChI=1S/C25H22ClN3OS/c1-18-27-14-15-29(18)24-5-3-2-4-21(24)16-28-25(30)20-8-6-19(7-9-20)17-31-23-12-10-22(26)11-13-23/h2-15H,16-17H2,1H3,(H,28,30). The lowest BCUT2D eigenvalue weighted by molar-refractivity contribution is 0.0951. The van der Waals surface area contributed by atoms with E-state index in [9.17, 15) is 4.79 Å². The highest BCUT2D eigenvalue weighted by molar-refractivity contribution is 7.98. The molecule has 0 spiro atoms. The Morgan fingerprint density at radius 2 is 1.77 bits per heavy atom. The molecule has 0 aliphatic heterocycles. The first-order chi connectivity index (χ1) is 15.1. The van der Waals surface area contributed by atoms with Gasteiger partial charge in [0, 0.05) is 40.2 Å². The molecule has 4 nitrogen and oxygen atoms in total. The van der Waals surface area contributed by atoms with Crippen LogP contribution < -0.4 is 5.32 Å². The second-order valence-corrected chi connectivity index (χ2v) is 8.58. The summed E-state index contributed by atoms with van der Waals surface area (Å²) in [6, 6.07) is 23.6. The number of carbonyl (C=O) groups excluding carboxylic acids is 1. The number of hydrogen-bond acceptors (Lipinski definition) is 3. The molecule has 1 N–H and O–H groups in total. The quantitative estimate of drug-likeness (QED) is 0.350. The number of benzene rings is 3. The summed E-state index contributed by atoms with van der Waals surface area (Å²) >= 11 is 7.67. The smallest absolute Gasteiger partial charge is 0.251 e. The van der Waals surface area contributed by atoms with E-state index in [1.54, 1.807) is 18.0 Å². The Hall–Kier alpha value is -3.02. The summed E-state index contributed by atoms with van der Waals surface area (Å²) in [7, 11) is 0. The third-order valence-electron chi connectivity index (χ3n) is 4.95. The van der Waals surface area contributed by atoms with E-state index >= 15 is 0 Å². The fourth-order valence-electron chi connectivity index (χ4n) is 3.26. The SMILES string of the molecule is Cc1nccn1-c1ccccc1CNC(=O)c1ccc(CSc2ccc(Cl)cc2)cc1. The molecule has 31 heavy (non-hydrogen) atoms. The summed E-state index contributed by atoms with van der Waals surface area (Å²) in [6.07, 6.45) is 3.70. The predicted octanol–water partition coefficient (Wildman–Crippen LogP) is 6.06. The molecule has 6 heteroatoms. The summed E-state index contributed by atoms with van der Waals surface area (Å²) < 4.78 is 2.02. The molecule has 1 amide bonds. The Bertz CT molecular complexity index is 1170. The third-order valence-corrected chi connectivity index (χ3v) is 6.29. The summed E-state index contributed by atoms with van der Waals surface area (Å²) in [5.74, 6) is 1.65. The van der Waals surface area contributed by atoms with Crippen LogP contribution in [0.4, 0.5) is 0 Å². The lowest BCUT2D eigenvalue weighted by atomic mass is 10.1. The molecule has 0 fully saturated rings. The van der Waals surface area contributed by atoms with E-state index in [1.807, 2.05) is 90.5 Å². The number of rotatable bonds is 7. The minimum Gasteiger partial charge on any atom is -0.348 e. The zero-order chi connectivity index (χ0) is 21.6. The van der Waals surface area contributed by atoms with Crippen LogP contribution in [-0.2, 0) is 12.3 Å². The van der Waals surface area contributed by atoms with Gasteiger partial charge in [0.2, 0.25) is 0 Å². The van der Waals surface area contributed by atoms with Gasteiger partial charge in [-0.2, -0.15) is 0 Å². The number of para-hydroxylation sites is 1. The van der Waals surface area contributed by atoms with Crippen molar-refractivity contribution in [3.63, 3.8) is 0 Å². The Morgan fingerprint density at radius 3 is 2.48 bits per heavy atom. The number of aryl methyl sites for hydroxylation is 1. The molecule has 1 aromatic heterocycles. The molecule has 0 aliphatic carbocycles. The fraction of sp³-hybridized carbons (Fsp3) is 0.120. The summed E-state index contributed by atoms with van der Waals surface area (Å²) in [5.41, 5.74) is 3.87. The van der Waals surface area contributed by atoms with E-state index in [0.29, 0.717) is 12.1 Å². The number of imidazole rings is 1. The van der Waals surface area contributed by atoms with E-state index in [1.165, 1.54) is 0 Å². The number of amides is 1. The number of hydrogen-bond donors (Lipinski definition) is 1. The lowest BCUT2D eigenvalue weighted by Crippen LogP contribution is -2.23. The molecule has 4 rings (SSSR count). The summed E-state index contributed by atoms with van der Waals surface area (Å²) in [4.78, 5) is 18.1. The van der Waals surface area contributed by atoms with Crippen molar-refractivity contribution in [1.29, 1.82) is 0 Å². The van der Waals surface area contributed by atoms with E-state index in [-0.39, 0.29) is 5.91 Å². The zero-order valence-electron chi connectivity index (χ0n) is 17.1. The highest BCUT2D eigenvalue weighted by Gasteiger charge is 2.10. The number of carbonyl (C=O) groups is 1. The van der Waals surface area contributed by atoms with Crippen LogP contribution in [0, 0.1) is 6.92 Å². The monoisotopic (exact) mass is 447 g/mol. The Kier molecular flexibility index (Phi) is 6.75. The lowest BCUT2D eigenvalue weighted by Gasteiger charge is -2.13. The largest absolute Gasteiger partial charge is 0.348 e. The van der Waals surface area contributed by atoms with Crippen molar-refractivity contribution in [2.24, 2.45) is 0 Å². The summed E-state index contributed by atoms with van der Waals surface area (Å²) in [5, 5.41) is 3.77. The van der Waals surface area contributed by atoms with Gasteiger partial charge < -0.3 is 9.88 Å². The molecule has 0 radical (unpaired) electrons. The first-order valence-corrected chi connectivity index (χ1v) is 11.3. The molecule has 3 aromatic carbocycles. The number of thioether (sulfide) groups is 1. The van der Waals surface area contributed by atoms with Crippen LogP contribution in [0.15, 0.2) is 90.1 Å². The van der Waals surface area contributed by atoms with Crippen molar-refractivity contribution in [2.45, 2.75) is 24.1 Å². The minimum atomic E-state index is -0.0888. The molecule has 0 saturated carbocycles. The number of nitrogens with zero attached hydrogens (tertiary/aromatic N) is 2. The van der Waals surface area contributed by atoms with Crippen LogP contribution in [0.3, 0.4) is 0 Å². The van der Waals surface area contributed by atoms with Crippen LogP contribution >= 0.6 is 23.4 Å². The molecule has 0 unspecified atom stereocenters. The second kappa shape index (κ2) is 9.86. The van der Waals surface area contributed by atoms with Gasteiger partial charge in [-0.05, 0) is 60.5 Å². The van der Waals surface area contributed by atoms with Crippen molar-refractivity contribution in [1.82, 2.24) is 14.9 Å². The summed E-state index contributed by atoms with van der Waals surface area (Å²) in [6.45, 7) is 2.41. The Balaban J connectivity index is 1.36.